The van der Waals surface area contributed by atoms with Crippen LogP contribution >= 0.6 is 23.2 Å². The maximum absolute atomic E-state index is 12.2. The number of hydrogen-bond donors (Lipinski definition) is 4. The van der Waals surface area contributed by atoms with Gasteiger partial charge in [-0.05, 0) is 6.07 Å². The zero-order valence-electron chi connectivity index (χ0n) is 11.7. The van der Waals surface area contributed by atoms with Crippen LogP contribution in [0, 0.1) is 10.1 Å². The van der Waals surface area contributed by atoms with E-state index in [2.05, 4.69) is 4.98 Å². The number of H-pyrrole nitrogens is 1. The van der Waals surface area contributed by atoms with Crippen molar-refractivity contribution in [2.24, 2.45) is 0 Å². The molecule has 0 spiro atoms. The normalized spacial score (nSPS) is 27.0. The minimum atomic E-state index is -1.59. The first-order chi connectivity index (χ1) is 11.3. The molecular weight excluding hydrogens is 369 g/mol. The van der Waals surface area contributed by atoms with Crippen LogP contribution in [0.25, 0.3) is 11.0 Å². The maximum atomic E-state index is 12.2. The molecule has 2 heterocycles. The van der Waals surface area contributed by atoms with Crippen molar-refractivity contribution >= 4 is 39.9 Å². The van der Waals surface area contributed by atoms with Crippen molar-refractivity contribution in [3.63, 3.8) is 0 Å². The SMILES string of the molecule is O=c1[nH]c2cc(Cl)c(Cl)c([N+](=O)[O-])c2n1[C@@H]1O[C@H](CO)[C@@H](O)[C@H]1O. The molecule has 0 saturated carbocycles. The van der Waals surface area contributed by atoms with Gasteiger partial charge in [-0.25, -0.2) is 4.79 Å². The van der Waals surface area contributed by atoms with Gasteiger partial charge in [0, 0.05) is 0 Å². The van der Waals surface area contributed by atoms with Crippen LogP contribution in [0.5, 0.6) is 0 Å². The van der Waals surface area contributed by atoms with Crippen molar-refractivity contribution in [3.8, 4) is 0 Å². The van der Waals surface area contributed by atoms with Crippen molar-refractivity contribution in [1.29, 1.82) is 0 Å². The molecule has 3 rings (SSSR count). The van der Waals surface area contributed by atoms with Crippen LogP contribution in [0.15, 0.2) is 10.9 Å². The van der Waals surface area contributed by atoms with Crippen LogP contribution in [0.3, 0.4) is 0 Å². The molecule has 10 nitrogen and oxygen atoms in total. The summed E-state index contributed by atoms with van der Waals surface area (Å²) in [6.07, 6.45) is -5.66. The van der Waals surface area contributed by atoms with Gasteiger partial charge < -0.3 is 25.0 Å². The number of nitrogens with zero attached hydrogens (tertiary/aromatic N) is 2. The lowest BCUT2D eigenvalue weighted by atomic mass is 10.1. The Morgan fingerprint density at radius 3 is 2.58 bits per heavy atom. The van der Waals surface area contributed by atoms with E-state index in [0.717, 1.165) is 4.57 Å². The van der Waals surface area contributed by atoms with Crippen molar-refractivity contribution in [2.45, 2.75) is 24.5 Å². The highest BCUT2D eigenvalue weighted by molar-refractivity contribution is 6.44. The van der Waals surface area contributed by atoms with Crippen molar-refractivity contribution < 1.29 is 25.0 Å². The molecule has 130 valence electrons. The van der Waals surface area contributed by atoms with Crippen molar-refractivity contribution in [2.75, 3.05) is 6.61 Å². The molecule has 1 aromatic heterocycles. The molecule has 1 aromatic carbocycles. The van der Waals surface area contributed by atoms with E-state index in [1.165, 1.54) is 6.07 Å². The number of fused-ring (bicyclic) bond motifs is 1. The second kappa shape index (κ2) is 5.99. The van der Waals surface area contributed by atoms with Crippen molar-refractivity contribution in [1.82, 2.24) is 9.55 Å². The summed E-state index contributed by atoms with van der Waals surface area (Å²) < 4.78 is 6.04. The first-order valence-corrected chi connectivity index (χ1v) is 7.42. The molecule has 0 bridgehead atoms. The van der Waals surface area contributed by atoms with Gasteiger partial charge >= 0.3 is 11.4 Å². The number of benzene rings is 1. The highest BCUT2D eigenvalue weighted by Gasteiger charge is 2.45. The molecule has 0 aliphatic carbocycles. The van der Waals surface area contributed by atoms with E-state index in [1.807, 2.05) is 0 Å². The number of imidazole rings is 1. The molecule has 12 heteroatoms. The average Bonchev–Trinajstić information content (AvgIpc) is 2.97. The number of halogens is 2. The largest absolute Gasteiger partial charge is 0.394 e. The van der Waals surface area contributed by atoms with Gasteiger partial charge in [0.2, 0.25) is 0 Å². The second-order valence-corrected chi connectivity index (χ2v) is 5.99. The fourth-order valence-electron chi connectivity index (χ4n) is 2.72. The summed E-state index contributed by atoms with van der Waals surface area (Å²) in [7, 11) is 0. The third kappa shape index (κ3) is 2.39. The molecule has 1 saturated heterocycles. The zero-order chi connectivity index (χ0) is 17.8. The number of aromatic nitrogens is 2. The smallest absolute Gasteiger partial charge is 0.328 e. The van der Waals surface area contributed by atoms with E-state index in [1.54, 1.807) is 0 Å². The lowest BCUT2D eigenvalue weighted by Crippen LogP contribution is -2.34. The third-order valence-corrected chi connectivity index (χ3v) is 4.60. The highest BCUT2D eigenvalue weighted by Crippen LogP contribution is 2.40. The van der Waals surface area contributed by atoms with Crippen LogP contribution in [0.2, 0.25) is 10.0 Å². The number of aliphatic hydroxyl groups is 3. The molecular formula is C12H11Cl2N3O7. The lowest BCUT2D eigenvalue weighted by molar-refractivity contribution is -0.383. The topological polar surface area (TPSA) is 151 Å². The van der Waals surface area contributed by atoms with E-state index in [-0.39, 0.29) is 21.1 Å². The summed E-state index contributed by atoms with van der Waals surface area (Å²) in [6, 6.07) is 1.23. The Kier molecular flexibility index (Phi) is 4.28. The monoisotopic (exact) mass is 379 g/mol. The fraction of sp³-hybridized carbons (Fsp3) is 0.417. The molecule has 1 aliphatic rings. The van der Waals surface area contributed by atoms with Crippen LogP contribution < -0.4 is 5.69 Å². The Hall–Kier alpha value is -1.69. The lowest BCUT2D eigenvalue weighted by Gasteiger charge is -2.16. The van der Waals surface area contributed by atoms with E-state index in [4.69, 9.17) is 33.0 Å². The Morgan fingerprint density at radius 1 is 1.38 bits per heavy atom. The molecule has 0 amide bonds. The predicted molar refractivity (Wildman–Crippen MR) is 82.2 cm³/mol. The van der Waals surface area contributed by atoms with E-state index in [0.29, 0.717) is 0 Å². The molecule has 0 radical (unpaired) electrons. The number of aliphatic hydroxyl groups excluding tert-OH is 3. The number of rotatable bonds is 3. The first-order valence-electron chi connectivity index (χ1n) is 6.67. The summed E-state index contributed by atoms with van der Waals surface area (Å²) in [5, 5.41) is 39.9. The average molecular weight is 380 g/mol. The van der Waals surface area contributed by atoms with E-state index < -0.39 is 47.4 Å². The Balaban J connectivity index is 2.30. The Labute approximate surface area is 142 Å². The quantitative estimate of drug-likeness (QED) is 0.437. The van der Waals surface area contributed by atoms with Gasteiger partial charge in [-0.2, -0.15) is 0 Å². The molecule has 4 N–H and O–H groups in total. The molecule has 1 fully saturated rings. The van der Waals surface area contributed by atoms with Gasteiger partial charge in [0.05, 0.1) is 22.1 Å². The van der Waals surface area contributed by atoms with Gasteiger partial charge in [-0.1, -0.05) is 23.2 Å². The van der Waals surface area contributed by atoms with Gasteiger partial charge in [0.25, 0.3) is 0 Å². The zero-order valence-corrected chi connectivity index (χ0v) is 13.2. The fourth-order valence-corrected chi connectivity index (χ4v) is 3.13. The summed E-state index contributed by atoms with van der Waals surface area (Å²) in [5.74, 6) is 0. The highest BCUT2D eigenvalue weighted by atomic mass is 35.5. The number of hydrogen-bond acceptors (Lipinski definition) is 7. The molecule has 4 atom stereocenters. The number of ether oxygens (including phenoxy) is 1. The van der Waals surface area contributed by atoms with Crippen LogP contribution in [0.4, 0.5) is 5.69 Å². The van der Waals surface area contributed by atoms with Crippen LogP contribution in [-0.2, 0) is 4.74 Å². The third-order valence-electron chi connectivity index (χ3n) is 3.82. The number of nitro benzene ring substituents is 1. The molecule has 24 heavy (non-hydrogen) atoms. The number of nitrogens with one attached hydrogen (secondary N) is 1. The van der Waals surface area contributed by atoms with Gasteiger partial charge in [0.15, 0.2) is 11.7 Å². The molecule has 0 unspecified atom stereocenters. The summed E-state index contributed by atoms with van der Waals surface area (Å²) >= 11 is 11.7. The molecule has 2 aromatic rings. The van der Waals surface area contributed by atoms with Crippen LogP contribution in [0.1, 0.15) is 6.23 Å². The van der Waals surface area contributed by atoms with Crippen molar-refractivity contribution in [3.05, 3.63) is 36.7 Å². The van der Waals surface area contributed by atoms with E-state index >= 15 is 0 Å². The predicted octanol–water partition coefficient (Wildman–Crippen LogP) is 0.156. The minimum absolute atomic E-state index is 0.0128. The Morgan fingerprint density at radius 2 is 2.04 bits per heavy atom. The summed E-state index contributed by atoms with van der Waals surface area (Å²) in [4.78, 5) is 25.1. The standard InChI is InChI=1S/C12H11Cl2N3O7/c13-3-1-4-7(8(6(3)14)17(22)23)16(12(21)15-4)11-10(20)9(19)5(2-18)24-11/h1,5,9-11,18-20H,2H2,(H,15,21)/t5-,9-,10-,11-/m1/s1. The van der Waals surface area contributed by atoms with E-state index in [9.17, 15) is 25.1 Å². The number of aromatic amines is 1. The first kappa shape index (κ1) is 17.1. The molecule has 1 aliphatic heterocycles. The van der Waals surface area contributed by atoms with Gasteiger partial charge in [-0.15, -0.1) is 0 Å². The van der Waals surface area contributed by atoms with Gasteiger partial charge in [-0.3, -0.25) is 14.7 Å². The number of nitro groups is 1. The Bertz CT molecular complexity index is 880. The van der Waals surface area contributed by atoms with Crippen LogP contribution in [-0.4, -0.2) is 54.7 Å². The second-order valence-electron chi connectivity index (χ2n) is 5.20. The summed E-state index contributed by atoms with van der Waals surface area (Å²) in [6.45, 7) is -0.611. The minimum Gasteiger partial charge on any atom is -0.394 e. The van der Waals surface area contributed by atoms with Gasteiger partial charge in [0.1, 0.15) is 23.3 Å². The summed E-state index contributed by atoms with van der Waals surface area (Å²) in [5.41, 5.74) is -1.70. The maximum Gasteiger partial charge on any atom is 0.328 e.